The molecule has 0 radical (unpaired) electrons. The Labute approximate surface area is 129 Å². The highest BCUT2D eigenvalue weighted by Gasteiger charge is 2.39. The van der Waals surface area contributed by atoms with Gasteiger partial charge in [0.25, 0.3) is 0 Å². The molecule has 1 aliphatic heterocycles. The second-order valence-corrected chi connectivity index (χ2v) is 6.85. The first-order chi connectivity index (χ1) is 9.94. The summed E-state index contributed by atoms with van der Waals surface area (Å²) in [5.74, 6) is -0.0981. The smallest absolute Gasteiger partial charge is 0.326 e. The van der Waals surface area contributed by atoms with E-state index in [9.17, 15) is 4.79 Å². The number of esters is 1. The number of nitrogens with zero attached hydrogens (tertiary/aromatic N) is 2. The van der Waals surface area contributed by atoms with Gasteiger partial charge in [0.2, 0.25) is 0 Å². The minimum atomic E-state index is -0.538. The van der Waals surface area contributed by atoms with Gasteiger partial charge >= 0.3 is 5.97 Å². The van der Waals surface area contributed by atoms with E-state index in [0.717, 1.165) is 32.6 Å². The van der Waals surface area contributed by atoms with Crippen LogP contribution in [0, 0.1) is 0 Å². The fourth-order valence-electron chi connectivity index (χ4n) is 2.91. The number of piperazine rings is 1. The van der Waals surface area contributed by atoms with E-state index in [2.05, 4.69) is 29.1 Å². The van der Waals surface area contributed by atoms with Gasteiger partial charge in [0.15, 0.2) is 0 Å². The third-order valence-electron chi connectivity index (χ3n) is 4.80. The fourth-order valence-corrected chi connectivity index (χ4v) is 2.91. The van der Waals surface area contributed by atoms with Crippen LogP contribution in [0.5, 0.6) is 0 Å². The van der Waals surface area contributed by atoms with Gasteiger partial charge in [-0.2, -0.15) is 0 Å². The van der Waals surface area contributed by atoms with Crippen molar-refractivity contribution < 1.29 is 9.53 Å². The van der Waals surface area contributed by atoms with Gasteiger partial charge < -0.3 is 14.5 Å². The second-order valence-electron chi connectivity index (χ2n) is 6.85. The van der Waals surface area contributed by atoms with Gasteiger partial charge in [-0.3, -0.25) is 10.1 Å². The Morgan fingerprint density at radius 2 is 2.10 bits per heavy atom. The van der Waals surface area contributed by atoms with Gasteiger partial charge in [-0.05, 0) is 47.1 Å². The Kier molecular flexibility index (Phi) is 5.63. The van der Waals surface area contributed by atoms with Crippen LogP contribution in [-0.4, -0.2) is 73.2 Å². The van der Waals surface area contributed by atoms with E-state index < -0.39 is 5.54 Å². The number of carbonyl (C=O) groups is 1. The molecule has 2 rings (SSSR count). The molecular formula is C16H31N3O2. The van der Waals surface area contributed by atoms with Crippen LogP contribution in [0.2, 0.25) is 0 Å². The molecule has 122 valence electrons. The number of ether oxygens (including phenoxy) is 1. The summed E-state index contributed by atoms with van der Waals surface area (Å²) in [4.78, 5) is 17.2. The molecule has 0 spiro atoms. The molecule has 0 aromatic carbocycles. The van der Waals surface area contributed by atoms with E-state index >= 15 is 0 Å². The summed E-state index contributed by atoms with van der Waals surface area (Å²) < 4.78 is 5.29. The maximum Gasteiger partial charge on any atom is 0.326 e. The average Bonchev–Trinajstić information content (AvgIpc) is 3.24. The summed E-state index contributed by atoms with van der Waals surface area (Å²) in [5.41, 5.74) is -0.538. The molecule has 1 saturated heterocycles. The Morgan fingerprint density at radius 1 is 1.38 bits per heavy atom. The molecule has 0 aromatic heterocycles. The minimum absolute atomic E-state index is 0.0981. The molecule has 5 heteroatoms. The van der Waals surface area contributed by atoms with E-state index in [1.165, 1.54) is 12.8 Å². The Bertz CT molecular complexity index is 359. The number of nitrogens with one attached hydrogen (secondary N) is 1. The first kappa shape index (κ1) is 16.7. The summed E-state index contributed by atoms with van der Waals surface area (Å²) >= 11 is 0. The van der Waals surface area contributed by atoms with Crippen molar-refractivity contribution in [3.63, 3.8) is 0 Å². The van der Waals surface area contributed by atoms with Gasteiger partial charge in [0.05, 0.1) is 6.61 Å². The van der Waals surface area contributed by atoms with Gasteiger partial charge in [-0.15, -0.1) is 0 Å². The van der Waals surface area contributed by atoms with Crippen LogP contribution in [0.25, 0.3) is 0 Å². The molecule has 2 unspecified atom stereocenters. The van der Waals surface area contributed by atoms with Crippen molar-refractivity contribution in [3.8, 4) is 0 Å². The first-order valence-electron chi connectivity index (χ1n) is 8.32. The Morgan fingerprint density at radius 3 is 2.67 bits per heavy atom. The maximum atomic E-state index is 12.3. The number of rotatable bonds is 7. The van der Waals surface area contributed by atoms with Crippen molar-refractivity contribution >= 4 is 5.97 Å². The van der Waals surface area contributed by atoms with Crippen LogP contribution in [0.3, 0.4) is 0 Å². The number of likely N-dealkylation sites (N-methyl/N-ethyl adjacent to an activating group) is 1. The molecule has 0 amide bonds. The molecule has 1 heterocycles. The summed E-state index contributed by atoms with van der Waals surface area (Å²) in [7, 11) is 2.18. The van der Waals surface area contributed by atoms with E-state index in [1.54, 1.807) is 0 Å². The number of hydrogen-bond donors (Lipinski definition) is 1. The fraction of sp³-hybridized carbons (Fsp3) is 0.938. The number of hydrogen-bond acceptors (Lipinski definition) is 5. The summed E-state index contributed by atoms with van der Waals surface area (Å²) in [5, 5.41) is 3.50. The lowest BCUT2D eigenvalue weighted by Gasteiger charge is -2.39. The molecule has 0 bridgehead atoms. The van der Waals surface area contributed by atoms with Gasteiger partial charge in [-0.25, -0.2) is 0 Å². The third kappa shape index (κ3) is 4.66. The van der Waals surface area contributed by atoms with E-state index in [-0.39, 0.29) is 5.97 Å². The second kappa shape index (κ2) is 7.07. The topological polar surface area (TPSA) is 44.8 Å². The molecule has 0 aromatic rings. The van der Waals surface area contributed by atoms with Gasteiger partial charge in [0, 0.05) is 38.3 Å². The van der Waals surface area contributed by atoms with Crippen molar-refractivity contribution in [2.24, 2.45) is 0 Å². The van der Waals surface area contributed by atoms with Crippen LogP contribution < -0.4 is 5.32 Å². The standard InChI is InChI=1S/C16H31N3O2/c1-5-21-15(20)16(3,17-14-6-7-14)8-9-19-11-10-18(4)13(2)12-19/h13-14,17H,5-12H2,1-4H3. The average molecular weight is 297 g/mol. The van der Waals surface area contributed by atoms with Gasteiger partial charge in [0.1, 0.15) is 5.54 Å². The zero-order valence-corrected chi connectivity index (χ0v) is 14.0. The normalized spacial score (nSPS) is 27.3. The molecule has 1 aliphatic carbocycles. The number of carbonyl (C=O) groups excluding carboxylic acids is 1. The molecule has 2 aliphatic rings. The zero-order valence-electron chi connectivity index (χ0n) is 14.0. The highest BCUT2D eigenvalue weighted by atomic mass is 16.5. The molecular weight excluding hydrogens is 266 g/mol. The van der Waals surface area contributed by atoms with Crippen LogP contribution >= 0.6 is 0 Å². The first-order valence-corrected chi connectivity index (χ1v) is 8.32. The third-order valence-corrected chi connectivity index (χ3v) is 4.80. The van der Waals surface area contributed by atoms with Gasteiger partial charge in [-0.1, -0.05) is 0 Å². The minimum Gasteiger partial charge on any atom is -0.465 e. The van der Waals surface area contributed by atoms with Crippen molar-refractivity contribution in [3.05, 3.63) is 0 Å². The maximum absolute atomic E-state index is 12.3. The highest BCUT2D eigenvalue weighted by molar-refractivity contribution is 5.80. The summed E-state index contributed by atoms with van der Waals surface area (Å²) in [6.45, 7) is 10.8. The SMILES string of the molecule is CCOC(=O)C(C)(CCN1CCN(C)C(C)C1)NC1CC1. The lowest BCUT2D eigenvalue weighted by molar-refractivity contribution is -0.151. The van der Waals surface area contributed by atoms with E-state index in [4.69, 9.17) is 4.74 Å². The molecule has 5 nitrogen and oxygen atoms in total. The van der Waals surface area contributed by atoms with Crippen LogP contribution in [0.4, 0.5) is 0 Å². The van der Waals surface area contributed by atoms with Crippen LogP contribution in [-0.2, 0) is 9.53 Å². The Balaban J connectivity index is 1.87. The summed E-state index contributed by atoms with van der Waals surface area (Å²) in [6.07, 6.45) is 3.18. The van der Waals surface area contributed by atoms with Crippen molar-refractivity contribution in [2.45, 2.75) is 57.7 Å². The molecule has 2 fully saturated rings. The predicted octanol–water partition coefficient (Wildman–Crippen LogP) is 1.09. The molecule has 1 saturated carbocycles. The monoisotopic (exact) mass is 297 g/mol. The van der Waals surface area contributed by atoms with E-state index in [0.29, 0.717) is 18.7 Å². The largest absolute Gasteiger partial charge is 0.465 e. The zero-order chi connectivity index (χ0) is 15.5. The molecule has 2 atom stereocenters. The molecule has 1 N–H and O–H groups in total. The van der Waals surface area contributed by atoms with E-state index in [1.807, 2.05) is 13.8 Å². The van der Waals surface area contributed by atoms with Crippen molar-refractivity contribution in [1.29, 1.82) is 0 Å². The quantitative estimate of drug-likeness (QED) is 0.713. The van der Waals surface area contributed by atoms with Crippen molar-refractivity contribution in [1.82, 2.24) is 15.1 Å². The van der Waals surface area contributed by atoms with Crippen LogP contribution in [0.15, 0.2) is 0 Å². The lowest BCUT2D eigenvalue weighted by Crippen LogP contribution is -2.55. The highest BCUT2D eigenvalue weighted by Crippen LogP contribution is 2.25. The van der Waals surface area contributed by atoms with Crippen molar-refractivity contribution in [2.75, 3.05) is 39.8 Å². The lowest BCUT2D eigenvalue weighted by atomic mass is 9.96. The summed E-state index contributed by atoms with van der Waals surface area (Å²) in [6, 6.07) is 1.09. The molecule has 21 heavy (non-hydrogen) atoms. The predicted molar refractivity (Wildman–Crippen MR) is 84.3 cm³/mol. The van der Waals surface area contributed by atoms with Crippen LogP contribution in [0.1, 0.15) is 40.0 Å². The Hall–Kier alpha value is -0.650.